The minimum absolute atomic E-state index is 0.718. The average molecular weight is 141 g/mol. The van der Waals surface area contributed by atoms with Gasteiger partial charge in [0.15, 0.2) is 5.76 Å². The molecular weight excluding hydrogens is 130 g/mol. The van der Waals surface area contributed by atoms with E-state index in [2.05, 4.69) is 15.7 Å². The first-order chi connectivity index (χ1) is 4.84. The van der Waals surface area contributed by atoms with Crippen molar-refractivity contribution in [3.63, 3.8) is 0 Å². The molecule has 0 saturated heterocycles. The van der Waals surface area contributed by atoms with Gasteiger partial charge in [-0.15, -0.1) is 5.10 Å². The maximum atomic E-state index is 4.84. The molecule has 1 aromatic rings. The third-order valence-corrected chi connectivity index (χ3v) is 1.28. The molecule has 0 aliphatic heterocycles. The van der Waals surface area contributed by atoms with Crippen molar-refractivity contribution < 1.29 is 4.52 Å². The van der Waals surface area contributed by atoms with Gasteiger partial charge in [-0.2, -0.15) is 0 Å². The van der Waals surface area contributed by atoms with Gasteiger partial charge in [-0.3, -0.25) is 0 Å². The van der Waals surface area contributed by atoms with Gasteiger partial charge in [-0.25, -0.2) is 0 Å². The summed E-state index contributed by atoms with van der Waals surface area (Å²) in [6.07, 6.45) is 0. The van der Waals surface area contributed by atoms with Gasteiger partial charge in [0.2, 0.25) is 0 Å². The number of aryl methyl sites for hydroxylation is 1. The molecule has 1 N–H and O–H groups in total. The Kier molecular flexibility index (Phi) is 2.39. The second kappa shape index (κ2) is 3.31. The molecular formula is C6H11N3O. The molecule has 0 amide bonds. The molecule has 0 aromatic carbocycles. The second-order valence-electron chi connectivity index (χ2n) is 2.06. The van der Waals surface area contributed by atoms with E-state index in [-0.39, 0.29) is 0 Å². The Labute approximate surface area is 59.6 Å². The van der Waals surface area contributed by atoms with E-state index in [1.807, 2.05) is 13.8 Å². The van der Waals surface area contributed by atoms with Crippen molar-refractivity contribution in [1.82, 2.24) is 15.7 Å². The van der Waals surface area contributed by atoms with Crippen LogP contribution < -0.4 is 5.32 Å². The third-order valence-electron chi connectivity index (χ3n) is 1.28. The number of aromatic nitrogens is 2. The lowest BCUT2D eigenvalue weighted by Gasteiger charge is -1.94. The molecule has 1 aromatic heterocycles. The first kappa shape index (κ1) is 7.21. The monoisotopic (exact) mass is 141 g/mol. The van der Waals surface area contributed by atoms with E-state index < -0.39 is 0 Å². The molecule has 4 nitrogen and oxygen atoms in total. The number of nitrogens with zero attached hydrogens (tertiary/aromatic N) is 2. The second-order valence-corrected chi connectivity index (χ2v) is 2.06. The first-order valence-corrected chi connectivity index (χ1v) is 3.33. The van der Waals surface area contributed by atoms with Crippen LogP contribution in [0.5, 0.6) is 0 Å². The SMILES string of the molecule is CCNCc1onnc1C. The topological polar surface area (TPSA) is 51.0 Å². The van der Waals surface area contributed by atoms with Crippen LogP contribution in [-0.4, -0.2) is 16.9 Å². The molecule has 0 saturated carbocycles. The Hall–Kier alpha value is -0.900. The van der Waals surface area contributed by atoms with Crippen LogP contribution in [0.1, 0.15) is 18.4 Å². The molecule has 4 heteroatoms. The van der Waals surface area contributed by atoms with Crippen LogP contribution in [0, 0.1) is 6.92 Å². The maximum absolute atomic E-state index is 4.84. The van der Waals surface area contributed by atoms with Crippen molar-refractivity contribution in [2.45, 2.75) is 20.4 Å². The van der Waals surface area contributed by atoms with Gasteiger partial charge in [0, 0.05) is 5.27 Å². The highest BCUT2D eigenvalue weighted by Crippen LogP contribution is 2.00. The van der Waals surface area contributed by atoms with Crippen LogP contribution in [0.25, 0.3) is 0 Å². The molecule has 0 radical (unpaired) electrons. The molecule has 56 valence electrons. The highest BCUT2D eigenvalue weighted by molar-refractivity contribution is 5.01. The molecule has 0 spiro atoms. The van der Waals surface area contributed by atoms with Crippen LogP contribution in [0.4, 0.5) is 0 Å². The minimum atomic E-state index is 0.718. The van der Waals surface area contributed by atoms with Crippen LogP contribution in [0.15, 0.2) is 4.52 Å². The summed E-state index contributed by atoms with van der Waals surface area (Å²) in [5, 5.41) is 10.2. The number of rotatable bonds is 3. The van der Waals surface area contributed by atoms with Gasteiger partial charge in [-0.05, 0) is 13.5 Å². The molecule has 0 atom stereocenters. The Morgan fingerprint density at radius 1 is 1.60 bits per heavy atom. The number of nitrogens with one attached hydrogen (secondary N) is 1. The van der Waals surface area contributed by atoms with Crippen molar-refractivity contribution in [2.24, 2.45) is 0 Å². The molecule has 10 heavy (non-hydrogen) atoms. The molecule has 1 rings (SSSR count). The lowest BCUT2D eigenvalue weighted by Crippen LogP contribution is -2.11. The van der Waals surface area contributed by atoms with Gasteiger partial charge < -0.3 is 9.84 Å². The van der Waals surface area contributed by atoms with Crippen molar-refractivity contribution in [3.05, 3.63) is 11.5 Å². The summed E-state index contributed by atoms with van der Waals surface area (Å²) in [6.45, 7) is 5.57. The van der Waals surface area contributed by atoms with E-state index in [9.17, 15) is 0 Å². The fourth-order valence-electron chi connectivity index (χ4n) is 0.651. The maximum Gasteiger partial charge on any atom is 0.173 e. The lowest BCUT2D eigenvalue weighted by atomic mass is 10.4. The summed E-state index contributed by atoms with van der Waals surface area (Å²) in [7, 11) is 0. The van der Waals surface area contributed by atoms with E-state index in [1.54, 1.807) is 0 Å². The van der Waals surface area contributed by atoms with Crippen molar-refractivity contribution in [2.75, 3.05) is 6.54 Å². The zero-order valence-corrected chi connectivity index (χ0v) is 6.22. The summed E-state index contributed by atoms with van der Waals surface area (Å²) in [5.74, 6) is 0.821. The zero-order valence-electron chi connectivity index (χ0n) is 6.22. The van der Waals surface area contributed by atoms with E-state index in [0.29, 0.717) is 0 Å². The molecule has 0 aliphatic rings. The first-order valence-electron chi connectivity index (χ1n) is 3.33. The fraction of sp³-hybridized carbons (Fsp3) is 0.667. The van der Waals surface area contributed by atoms with E-state index in [4.69, 9.17) is 4.52 Å². The van der Waals surface area contributed by atoms with Gasteiger partial charge >= 0.3 is 0 Å². The zero-order chi connectivity index (χ0) is 7.40. The summed E-state index contributed by atoms with van der Waals surface area (Å²) < 4.78 is 4.84. The standard InChI is InChI=1S/C6H11N3O/c1-3-7-4-6-5(2)8-9-10-6/h7H,3-4H2,1-2H3. The van der Waals surface area contributed by atoms with Crippen LogP contribution in [-0.2, 0) is 6.54 Å². The highest BCUT2D eigenvalue weighted by atomic mass is 16.5. The number of hydrogen-bond donors (Lipinski definition) is 1. The third kappa shape index (κ3) is 1.54. The van der Waals surface area contributed by atoms with Crippen molar-refractivity contribution in [1.29, 1.82) is 0 Å². The summed E-state index contributed by atoms with van der Waals surface area (Å²) in [4.78, 5) is 0. The highest BCUT2D eigenvalue weighted by Gasteiger charge is 2.02. The van der Waals surface area contributed by atoms with Crippen LogP contribution in [0.3, 0.4) is 0 Å². The van der Waals surface area contributed by atoms with Gasteiger partial charge in [-0.1, -0.05) is 6.92 Å². The minimum Gasteiger partial charge on any atom is -0.340 e. The molecule has 0 fully saturated rings. The quantitative estimate of drug-likeness (QED) is 0.665. The molecule has 0 bridgehead atoms. The number of hydrogen-bond acceptors (Lipinski definition) is 4. The van der Waals surface area contributed by atoms with E-state index in [1.165, 1.54) is 0 Å². The van der Waals surface area contributed by atoms with Crippen molar-refractivity contribution >= 4 is 0 Å². The largest absolute Gasteiger partial charge is 0.340 e. The normalized spacial score (nSPS) is 10.2. The Morgan fingerprint density at radius 2 is 2.40 bits per heavy atom. The molecule has 0 unspecified atom stereocenters. The fourth-order valence-corrected chi connectivity index (χ4v) is 0.651. The summed E-state index contributed by atoms with van der Waals surface area (Å²) in [5.41, 5.74) is 0.862. The summed E-state index contributed by atoms with van der Waals surface area (Å²) in [6, 6.07) is 0. The Balaban J connectivity index is 2.49. The van der Waals surface area contributed by atoms with Crippen LogP contribution >= 0.6 is 0 Å². The van der Waals surface area contributed by atoms with Gasteiger partial charge in [0.25, 0.3) is 0 Å². The van der Waals surface area contributed by atoms with E-state index >= 15 is 0 Å². The lowest BCUT2D eigenvalue weighted by molar-refractivity contribution is 0.354. The average Bonchev–Trinajstić information content (AvgIpc) is 2.31. The van der Waals surface area contributed by atoms with Crippen LogP contribution in [0.2, 0.25) is 0 Å². The smallest absolute Gasteiger partial charge is 0.173 e. The molecule has 0 aliphatic carbocycles. The summed E-state index contributed by atoms with van der Waals surface area (Å²) >= 11 is 0. The van der Waals surface area contributed by atoms with E-state index in [0.717, 1.165) is 24.5 Å². The Morgan fingerprint density at radius 3 is 2.90 bits per heavy atom. The predicted octanol–water partition coefficient (Wildman–Crippen LogP) is 0.488. The molecule has 1 heterocycles. The van der Waals surface area contributed by atoms with Gasteiger partial charge in [0.05, 0.1) is 6.54 Å². The predicted molar refractivity (Wildman–Crippen MR) is 36.4 cm³/mol. The van der Waals surface area contributed by atoms with Gasteiger partial charge in [0.1, 0.15) is 5.69 Å². The van der Waals surface area contributed by atoms with Crippen molar-refractivity contribution in [3.8, 4) is 0 Å². The Bertz CT molecular complexity index is 197.